The van der Waals surface area contributed by atoms with Gasteiger partial charge in [-0.25, -0.2) is 0 Å². The van der Waals surface area contributed by atoms with Crippen molar-refractivity contribution in [2.24, 2.45) is 46.3 Å². The van der Waals surface area contributed by atoms with Crippen LogP contribution in [0.2, 0.25) is 0 Å². The van der Waals surface area contributed by atoms with Crippen LogP contribution >= 0.6 is 0 Å². The van der Waals surface area contributed by atoms with Gasteiger partial charge < -0.3 is 14.2 Å². The molecule has 0 aliphatic heterocycles. The van der Waals surface area contributed by atoms with Crippen LogP contribution in [0.1, 0.15) is 241 Å². The number of allylic oxidation sites excluding steroid dienone is 1. The summed E-state index contributed by atoms with van der Waals surface area (Å²) in [5.74, 6) is 7.45. The molecule has 4 aliphatic rings. The van der Waals surface area contributed by atoms with Gasteiger partial charge in [-0.2, -0.15) is 0 Å². The summed E-state index contributed by atoms with van der Waals surface area (Å²) in [5, 5.41) is 0. The number of benzene rings is 2. The third kappa shape index (κ3) is 15.9. The van der Waals surface area contributed by atoms with Crippen LogP contribution in [0, 0.1) is 46.3 Å². The van der Waals surface area contributed by atoms with Gasteiger partial charge in [0, 0.05) is 6.61 Å². The lowest BCUT2D eigenvalue weighted by Crippen LogP contribution is -2.51. The standard InChI is InChI=1S/C63H102O3/c1-7-8-9-10-11-12-15-18-21-24-46-64-55-35-30-52(31-36-55)53-32-37-56(38-33-53)65-47-25-22-19-16-13-14-17-20-23-26-48-66-57-42-44-62(5)54(49-57)34-39-58-60-41-40-59(51(4)29-27-28-50(2)3)63(60,6)45-43-61(58)62/h30-38,50-51,57-61H,7-29,39-49H2,1-6H3/t51-,57+,58+,59-,60+,61+,62+,63-/m1/s1. The van der Waals surface area contributed by atoms with E-state index in [0.29, 0.717) is 16.9 Å². The second-order valence-electron chi connectivity index (χ2n) is 23.5. The van der Waals surface area contributed by atoms with Gasteiger partial charge in [-0.1, -0.05) is 206 Å². The Morgan fingerprint density at radius 1 is 0.530 bits per heavy atom. The van der Waals surface area contributed by atoms with E-state index in [2.05, 4.69) is 96.1 Å². The smallest absolute Gasteiger partial charge is 0.119 e. The maximum absolute atomic E-state index is 6.61. The maximum Gasteiger partial charge on any atom is 0.119 e. The predicted octanol–water partition coefficient (Wildman–Crippen LogP) is 19.4. The summed E-state index contributed by atoms with van der Waals surface area (Å²) < 4.78 is 18.7. The third-order valence-electron chi connectivity index (χ3n) is 18.2. The Bertz CT molecular complexity index is 1630. The minimum absolute atomic E-state index is 0.434. The second-order valence-corrected chi connectivity index (χ2v) is 23.5. The van der Waals surface area contributed by atoms with Gasteiger partial charge in [0.05, 0.1) is 19.3 Å². The summed E-state index contributed by atoms with van der Waals surface area (Å²) in [4.78, 5) is 0. The largest absolute Gasteiger partial charge is 0.494 e. The van der Waals surface area contributed by atoms with Crippen LogP contribution < -0.4 is 9.47 Å². The minimum Gasteiger partial charge on any atom is -0.494 e. The van der Waals surface area contributed by atoms with E-state index in [9.17, 15) is 0 Å². The molecule has 3 saturated carbocycles. The van der Waals surface area contributed by atoms with Crippen molar-refractivity contribution < 1.29 is 14.2 Å². The molecular formula is C63H102O3. The van der Waals surface area contributed by atoms with Crippen molar-refractivity contribution in [3.05, 3.63) is 60.2 Å². The van der Waals surface area contributed by atoms with Gasteiger partial charge >= 0.3 is 0 Å². The Hall–Kier alpha value is -2.26. The highest BCUT2D eigenvalue weighted by Gasteiger charge is 2.59. The topological polar surface area (TPSA) is 27.7 Å². The van der Waals surface area contributed by atoms with Gasteiger partial charge in [0.1, 0.15) is 11.5 Å². The molecule has 66 heavy (non-hydrogen) atoms. The Balaban J connectivity index is 0.736. The summed E-state index contributed by atoms with van der Waals surface area (Å²) in [7, 11) is 0. The van der Waals surface area contributed by atoms with Crippen molar-refractivity contribution >= 4 is 0 Å². The first kappa shape index (κ1) is 53.1. The Morgan fingerprint density at radius 2 is 1.05 bits per heavy atom. The highest BCUT2D eigenvalue weighted by atomic mass is 16.5. The summed E-state index contributed by atoms with van der Waals surface area (Å²) >= 11 is 0. The molecule has 0 N–H and O–H groups in total. The van der Waals surface area contributed by atoms with E-state index in [1.54, 1.807) is 5.57 Å². The summed E-state index contributed by atoms with van der Waals surface area (Å²) in [6.45, 7) is 17.7. The SMILES string of the molecule is CCCCCCCCCCCCOc1ccc(-c2ccc(OCCCCCCCCCCCCO[C@H]3CC[C@@]4(C)C(=CC[C@H]5[C@@H]6CC[C@H]([C@H](C)CCCC(C)C)[C@@]6(C)CC[C@@H]54)C3)cc2)cc1. The molecule has 0 radical (unpaired) electrons. The molecule has 4 aliphatic carbocycles. The molecule has 372 valence electrons. The molecule has 0 saturated heterocycles. The lowest BCUT2D eigenvalue weighted by molar-refractivity contribution is -0.0641. The van der Waals surface area contributed by atoms with Gasteiger partial charge in [0.15, 0.2) is 0 Å². The van der Waals surface area contributed by atoms with Crippen LogP contribution in [0.15, 0.2) is 60.2 Å². The van der Waals surface area contributed by atoms with Crippen molar-refractivity contribution in [2.45, 2.75) is 247 Å². The monoisotopic (exact) mass is 907 g/mol. The van der Waals surface area contributed by atoms with Crippen LogP contribution in [-0.4, -0.2) is 25.9 Å². The van der Waals surface area contributed by atoms with E-state index in [1.807, 2.05) is 0 Å². The fraction of sp³-hybridized carbons (Fsp3) is 0.778. The summed E-state index contributed by atoms with van der Waals surface area (Å²) in [5.41, 5.74) is 5.25. The van der Waals surface area contributed by atoms with Gasteiger partial charge in [0.2, 0.25) is 0 Å². The molecule has 0 bridgehead atoms. The fourth-order valence-corrected chi connectivity index (χ4v) is 14.1. The Labute approximate surface area is 408 Å². The van der Waals surface area contributed by atoms with E-state index >= 15 is 0 Å². The molecule has 0 spiro atoms. The Kier molecular flexibility index (Phi) is 22.9. The normalized spacial score (nSPS) is 26.4. The lowest BCUT2D eigenvalue weighted by Gasteiger charge is -2.58. The van der Waals surface area contributed by atoms with Gasteiger partial charge in [-0.05, 0) is 152 Å². The number of ether oxygens (including phenoxy) is 3. The molecule has 2 aromatic rings. The van der Waals surface area contributed by atoms with E-state index < -0.39 is 0 Å². The predicted molar refractivity (Wildman–Crippen MR) is 284 cm³/mol. The number of hydrogen-bond acceptors (Lipinski definition) is 3. The van der Waals surface area contributed by atoms with E-state index in [0.717, 1.165) is 79.7 Å². The third-order valence-corrected chi connectivity index (χ3v) is 18.2. The van der Waals surface area contributed by atoms with Crippen molar-refractivity contribution in [1.82, 2.24) is 0 Å². The maximum atomic E-state index is 6.61. The lowest BCUT2D eigenvalue weighted by atomic mass is 9.47. The quantitative estimate of drug-likeness (QED) is 0.0528. The van der Waals surface area contributed by atoms with Crippen LogP contribution in [0.5, 0.6) is 11.5 Å². The number of hydrogen-bond donors (Lipinski definition) is 0. The van der Waals surface area contributed by atoms with E-state index in [1.165, 1.54) is 197 Å². The molecule has 8 atom stereocenters. The average Bonchev–Trinajstić information content (AvgIpc) is 3.68. The molecule has 0 aromatic heterocycles. The molecule has 3 heteroatoms. The van der Waals surface area contributed by atoms with Crippen molar-refractivity contribution in [2.75, 3.05) is 19.8 Å². The van der Waals surface area contributed by atoms with E-state index in [-0.39, 0.29) is 0 Å². The van der Waals surface area contributed by atoms with Crippen LogP contribution in [0.25, 0.3) is 11.1 Å². The molecule has 3 fully saturated rings. The zero-order valence-electron chi connectivity index (χ0n) is 44.0. The molecule has 6 rings (SSSR count). The molecule has 0 amide bonds. The van der Waals surface area contributed by atoms with Gasteiger partial charge in [0.25, 0.3) is 0 Å². The molecule has 2 aromatic carbocycles. The van der Waals surface area contributed by atoms with E-state index in [4.69, 9.17) is 14.2 Å². The van der Waals surface area contributed by atoms with Crippen molar-refractivity contribution in [1.29, 1.82) is 0 Å². The first-order chi connectivity index (χ1) is 32.2. The van der Waals surface area contributed by atoms with Crippen LogP contribution in [0.3, 0.4) is 0 Å². The minimum atomic E-state index is 0.434. The van der Waals surface area contributed by atoms with Crippen molar-refractivity contribution in [3.8, 4) is 22.6 Å². The highest BCUT2D eigenvalue weighted by Crippen LogP contribution is 2.67. The molecule has 3 nitrogen and oxygen atoms in total. The zero-order valence-corrected chi connectivity index (χ0v) is 44.0. The first-order valence-electron chi connectivity index (χ1n) is 29.0. The first-order valence-corrected chi connectivity index (χ1v) is 29.0. The summed E-state index contributed by atoms with van der Waals surface area (Å²) in [6, 6.07) is 17.2. The number of fused-ring (bicyclic) bond motifs is 5. The fourth-order valence-electron chi connectivity index (χ4n) is 14.1. The highest BCUT2D eigenvalue weighted by molar-refractivity contribution is 5.64. The van der Waals surface area contributed by atoms with Crippen molar-refractivity contribution in [3.63, 3.8) is 0 Å². The zero-order chi connectivity index (χ0) is 46.5. The number of rotatable bonds is 33. The van der Waals surface area contributed by atoms with Gasteiger partial charge in [-0.15, -0.1) is 0 Å². The molecule has 0 heterocycles. The second kappa shape index (κ2) is 28.4. The van der Waals surface area contributed by atoms with Crippen LogP contribution in [0.4, 0.5) is 0 Å². The van der Waals surface area contributed by atoms with Gasteiger partial charge in [-0.3, -0.25) is 0 Å². The Morgan fingerprint density at radius 3 is 1.58 bits per heavy atom. The average molecular weight is 908 g/mol. The number of unbranched alkanes of at least 4 members (excludes halogenated alkanes) is 18. The van der Waals surface area contributed by atoms with Crippen LogP contribution in [-0.2, 0) is 4.74 Å². The molecule has 0 unspecified atom stereocenters. The summed E-state index contributed by atoms with van der Waals surface area (Å²) in [6.07, 6.45) is 45.3. The molecular weight excluding hydrogens is 805 g/mol.